The van der Waals surface area contributed by atoms with E-state index < -0.39 is 16.0 Å². The number of nitrogens with zero attached hydrogens (tertiary/aromatic N) is 1. The second-order valence-electron chi connectivity index (χ2n) is 5.25. The van der Waals surface area contributed by atoms with Crippen molar-refractivity contribution in [3.63, 3.8) is 0 Å². The fourth-order valence-electron chi connectivity index (χ4n) is 2.12. The topological polar surface area (TPSA) is 85.4 Å². The van der Waals surface area contributed by atoms with E-state index in [1.807, 2.05) is 22.9 Å². The minimum atomic E-state index is -3.78. The van der Waals surface area contributed by atoms with E-state index in [0.29, 0.717) is 5.69 Å². The molecule has 2 aromatic heterocycles. The van der Waals surface area contributed by atoms with Crippen LogP contribution < -0.4 is 4.72 Å². The highest BCUT2D eigenvalue weighted by Gasteiger charge is 2.16. The number of ether oxygens (including phenoxy) is 1. The number of benzene rings is 1. The molecule has 1 N–H and O–H groups in total. The van der Waals surface area contributed by atoms with Crippen molar-refractivity contribution in [2.24, 2.45) is 0 Å². The normalized spacial score (nSPS) is 11.1. The number of aromatic nitrogens is 1. The number of carbonyl (C=O) groups is 1. The summed E-state index contributed by atoms with van der Waals surface area (Å²) in [6.45, 7) is -0.125. The molecule has 9 heteroatoms. The first-order chi connectivity index (χ1) is 13.0. The monoisotopic (exact) mass is 418 g/mol. The molecule has 0 aliphatic heterocycles. The zero-order chi connectivity index (χ0) is 19.3. The lowest BCUT2D eigenvalue weighted by Crippen LogP contribution is -2.24. The van der Waals surface area contributed by atoms with E-state index in [4.69, 9.17) is 11.2 Å². The number of terminal acetylenes is 1. The number of sulfonamides is 1. The molecule has 3 rings (SSSR count). The van der Waals surface area contributed by atoms with E-state index in [1.54, 1.807) is 11.3 Å². The second-order valence-corrected chi connectivity index (χ2v) is 8.83. The Hall–Kier alpha value is -2.51. The van der Waals surface area contributed by atoms with Crippen LogP contribution in [0.15, 0.2) is 52.1 Å². The summed E-state index contributed by atoms with van der Waals surface area (Å²) in [5.41, 5.74) is 0.767. The van der Waals surface area contributed by atoms with Crippen molar-refractivity contribution in [1.29, 1.82) is 0 Å². The molecule has 3 aromatic rings. The number of esters is 1. The van der Waals surface area contributed by atoms with Crippen LogP contribution in [0.1, 0.15) is 16.1 Å². The smallest absolute Gasteiger partial charge is 0.338 e. The molecule has 0 unspecified atom stereocenters. The zero-order valence-corrected chi connectivity index (χ0v) is 16.4. The first kappa shape index (κ1) is 19.3. The number of thiazole rings is 1. The molecular weight excluding hydrogens is 404 g/mol. The van der Waals surface area contributed by atoms with Crippen molar-refractivity contribution >= 4 is 38.7 Å². The van der Waals surface area contributed by atoms with Gasteiger partial charge in [0, 0.05) is 5.38 Å². The highest BCUT2D eigenvalue weighted by Crippen LogP contribution is 2.28. The Kier molecular flexibility index (Phi) is 6.03. The minimum absolute atomic E-state index is 0.00697. The first-order valence-corrected chi connectivity index (χ1v) is 10.9. The maximum Gasteiger partial charge on any atom is 0.338 e. The predicted octanol–water partition coefficient (Wildman–Crippen LogP) is 3.14. The molecule has 0 saturated carbocycles. The first-order valence-electron chi connectivity index (χ1n) is 7.68. The van der Waals surface area contributed by atoms with Crippen LogP contribution in [0.3, 0.4) is 0 Å². The van der Waals surface area contributed by atoms with Crippen molar-refractivity contribution in [3.8, 4) is 22.2 Å². The van der Waals surface area contributed by atoms with Crippen LogP contribution in [0.25, 0.3) is 9.88 Å². The third-order valence-corrected chi connectivity index (χ3v) is 6.71. The standard InChI is InChI=1S/C18H14N2O4S3/c1-2-8-19-27(22,23)15-6-3-5-13(10-15)18(21)24-11-14-12-26-17(20-14)16-7-4-9-25-16/h1,3-7,9-10,12,19H,8,11H2. The fourth-order valence-corrected chi connectivity index (χ4v) is 4.72. The summed E-state index contributed by atoms with van der Waals surface area (Å²) >= 11 is 3.06. The average molecular weight is 419 g/mol. The lowest BCUT2D eigenvalue weighted by molar-refractivity contribution is 0.0468. The molecule has 0 amide bonds. The third kappa shape index (κ3) is 4.81. The molecule has 0 fully saturated rings. The number of hydrogen-bond acceptors (Lipinski definition) is 7. The molecule has 0 aliphatic carbocycles. The van der Waals surface area contributed by atoms with Crippen molar-refractivity contribution in [3.05, 3.63) is 58.4 Å². The van der Waals surface area contributed by atoms with Gasteiger partial charge in [-0.2, -0.15) is 4.72 Å². The zero-order valence-electron chi connectivity index (χ0n) is 13.9. The molecule has 138 valence electrons. The minimum Gasteiger partial charge on any atom is -0.456 e. The van der Waals surface area contributed by atoms with Crippen LogP contribution in [-0.4, -0.2) is 25.9 Å². The van der Waals surface area contributed by atoms with E-state index >= 15 is 0 Å². The van der Waals surface area contributed by atoms with Crippen molar-refractivity contribution in [2.45, 2.75) is 11.5 Å². The van der Waals surface area contributed by atoms with Gasteiger partial charge in [0.1, 0.15) is 11.6 Å². The second kappa shape index (κ2) is 8.45. The van der Waals surface area contributed by atoms with Gasteiger partial charge < -0.3 is 4.74 Å². The van der Waals surface area contributed by atoms with Crippen LogP contribution in [-0.2, 0) is 21.4 Å². The highest BCUT2D eigenvalue weighted by atomic mass is 32.2. The van der Waals surface area contributed by atoms with Crippen LogP contribution in [0.5, 0.6) is 0 Å². The summed E-state index contributed by atoms with van der Waals surface area (Å²) in [5, 5.41) is 4.66. The number of thiophene rings is 1. The predicted molar refractivity (Wildman–Crippen MR) is 105 cm³/mol. The van der Waals surface area contributed by atoms with Gasteiger partial charge >= 0.3 is 5.97 Å². The molecule has 0 atom stereocenters. The molecule has 0 aliphatic rings. The Morgan fingerprint density at radius 1 is 1.26 bits per heavy atom. The van der Waals surface area contributed by atoms with E-state index in [0.717, 1.165) is 9.88 Å². The summed E-state index contributed by atoms with van der Waals surface area (Å²) in [5.74, 6) is 1.56. The van der Waals surface area contributed by atoms with Gasteiger partial charge in [-0.05, 0) is 29.6 Å². The molecule has 27 heavy (non-hydrogen) atoms. The van der Waals surface area contributed by atoms with Crippen LogP contribution in [0, 0.1) is 12.3 Å². The van der Waals surface area contributed by atoms with E-state index in [1.165, 1.54) is 35.6 Å². The number of nitrogens with one attached hydrogen (secondary N) is 1. The number of rotatable bonds is 7. The summed E-state index contributed by atoms with van der Waals surface area (Å²) in [4.78, 5) is 17.7. The number of carbonyl (C=O) groups excluding carboxylic acids is 1. The van der Waals surface area contributed by atoms with Gasteiger partial charge in [-0.15, -0.1) is 29.1 Å². The van der Waals surface area contributed by atoms with Gasteiger partial charge in [-0.1, -0.05) is 18.1 Å². The Morgan fingerprint density at radius 3 is 2.85 bits per heavy atom. The summed E-state index contributed by atoms with van der Waals surface area (Å²) in [7, 11) is -3.78. The molecular formula is C18H14N2O4S3. The maximum atomic E-state index is 12.3. The SMILES string of the molecule is C#CCNS(=O)(=O)c1cccc(C(=O)OCc2csc(-c3cccs3)n2)c1. The molecule has 1 aromatic carbocycles. The summed E-state index contributed by atoms with van der Waals surface area (Å²) in [6, 6.07) is 9.50. The maximum absolute atomic E-state index is 12.3. The largest absolute Gasteiger partial charge is 0.456 e. The average Bonchev–Trinajstić information content (AvgIpc) is 3.36. The Balaban J connectivity index is 1.67. The molecule has 2 heterocycles. The third-order valence-electron chi connectivity index (χ3n) is 3.38. The highest BCUT2D eigenvalue weighted by molar-refractivity contribution is 7.89. The fraction of sp³-hybridized carbons (Fsp3) is 0.111. The Morgan fingerprint density at radius 2 is 2.11 bits per heavy atom. The lowest BCUT2D eigenvalue weighted by Gasteiger charge is -2.07. The van der Waals surface area contributed by atoms with E-state index in [9.17, 15) is 13.2 Å². The van der Waals surface area contributed by atoms with Crippen LogP contribution in [0.2, 0.25) is 0 Å². The molecule has 0 bridgehead atoms. The molecule has 0 saturated heterocycles. The van der Waals surface area contributed by atoms with Gasteiger partial charge in [-0.3, -0.25) is 0 Å². The van der Waals surface area contributed by atoms with Gasteiger partial charge in [0.05, 0.1) is 27.6 Å². The van der Waals surface area contributed by atoms with E-state index in [-0.39, 0.29) is 23.6 Å². The van der Waals surface area contributed by atoms with Gasteiger partial charge in [-0.25, -0.2) is 18.2 Å². The van der Waals surface area contributed by atoms with Gasteiger partial charge in [0.2, 0.25) is 10.0 Å². The van der Waals surface area contributed by atoms with Gasteiger partial charge in [0.25, 0.3) is 0 Å². The number of hydrogen-bond donors (Lipinski definition) is 1. The lowest BCUT2D eigenvalue weighted by atomic mass is 10.2. The quantitative estimate of drug-likeness (QED) is 0.471. The summed E-state index contributed by atoms with van der Waals surface area (Å²) < 4.78 is 31.7. The molecule has 0 radical (unpaired) electrons. The van der Waals surface area contributed by atoms with Crippen molar-refractivity contribution in [2.75, 3.05) is 6.54 Å². The van der Waals surface area contributed by atoms with Crippen molar-refractivity contribution in [1.82, 2.24) is 9.71 Å². The van der Waals surface area contributed by atoms with Gasteiger partial charge in [0.15, 0.2) is 0 Å². The van der Waals surface area contributed by atoms with E-state index in [2.05, 4.69) is 15.6 Å². The van der Waals surface area contributed by atoms with Crippen LogP contribution in [0.4, 0.5) is 0 Å². The summed E-state index contributed by atoms with van der Waals surface area (Å²) in [6.07, 6.45) is 5.06. The molecule has 0 spiro atoms. The van der Waals surface area contributed by atoms with Crippen LogP contribution >= 0.6 is 22.7 Å². The Bertz CT molecular complexity index is 1080. The Labute approximate surface area is 164 Å². The van der Waals surface area contributed by atoms with Crippen molar-refractivity contribution < 1.29 is 17.9 Å². The molecule has 6 nitrogen and oxygen atoms in total.